The summed E-state index contributed by atoms with van der Waals surface area (Å²) in [6.45, 7) is 2.27. The van der Waals surface area contributed by atoms with Gasteiger partial charge in [0.05, 0.1) is 18.4 Å². The van der Waals surface area contributed by atoms with Crippen LogP contribution in [-0.4, -0.2) is 36.5 Å². The third kappa shape index (κ3) is 6.02. The zero-order chi connectivity index (χ0) is 29.9. The van der Waals surface area contributed by atoms with Gasteiger partial charge in [-0.3, -0.25) is 4.79 Å². The van der Waals surface area contributed by atoms with E-state index in [1.165, 1.54) is 6.21 Å². The Hall–Kier alpha value is -4.55. The maximum absolute atomic E-state index is 13.3. The van der Waals surface area contributed by atoms with Crippen LogP contribution in [0.5, 0.6) is 23.0 Å². The Bertz CT molecular complexity index is 1900. The highest BCUT2D eigenvalue weighted by molar-refractivity contribution is 14.1. The molecule has 0 saturated carbocycles. The largest absolute Gasteiger partial charge is 0.490 e. The standard InChI is InChI=1S/C32H23ClIN3O6/c1-2-40-27-13-18(7-11-26(27)43-32(39)19-8-12-25-28(14-19)42-17-41-25)16-35-37-31(38)30-29(21-5-3-4-6-23(21)33)22-15-20(34)9-10-24(22)36-30/h3-16,36H,2,17H2,1H3,(H,37,38). The number of benzene rings is 4. The van der Waals surface area contributed by atoms with E-state index in [1.54, 1.807) is 42.5 Å². The quantitative estimate of drug-likeness (QED) is 0.0580. The number of nitrogens with one attached hydrogen (secondary N) is 2. The van der Waals surface area contributed by atoms with Crippen molar-refractivity contribution < 1.29 is 28.5 Å². The number of hydrogen-bond acceptors (Lipinski definition) is 7. The molecule has 0 aliphatic carbocycles. The third-order valence-electron chi connectivity index (χ3n) is 6.59. The van der Waals surface area contributed by atoms with Crippen molar-refractivity contribution in [3.8, 4) is 34.1 Å². The van der Waals surface area contributed by atoms with Gasteiger partial charge in [-0.15, -0.1) is 0 Å². The van der Waals surface area contributed by atoms with Crippen molar-refractivity contribution >= 4 is 63.2 Å². The van der Waals surface area contributed by atoms with E-state index in [-0.39, 0.29) is 12.5 Å². The fraction of sp³-hybridized carbons (Fsp3) is 0.0938. The second-order valence-electron chi connectivity index (χ2n) is 9.34. The second kappa shape index (κ2) is 12.4. The normalized spacial score (nSPS) is 12.1. The minimum Gasteiger partial charge on any atom is -0.490 e. The lowest BCUT2D eigenvalue weighted by atomic mass is 10.0. The van der Waals surface area contributed by atoms with Gasteiger partial charge in [-0.05, 0) is 95.7 Å². The molecule has 216 valence electrons. The number of H-pyrrole nitrogens is 1. The molecule has 0 bridgehead atoms. The molecule has 1 aliphatic rings. The summed E-state index contributed by atoms with van der Waals surface area (Å²) in [6, 6.07) is 23.1. The molecule has 0 unspecified atom stereocenters. The molecule has 1 amide bonds. The first-order valence-electron chi connectivity index (χ1n) is 13.2. The SMILES string of the molecule is CCOc1cc(C=NNC(=O)c2[nH]c3ccc(I)cc3c2-c2ccccc2Cl)ccc1OC(=O)c1ccc2c(c1)OCO2. The number of hydrazone groups is 1. The topological polar surface area (TPSA) is 111 Å². The van der Waals surface area contributed by atoms with Crippen molar-refractivity contribution in [2.45, 2.75) is 6.92 Å². The lowest BCUT2D eigenvalue weighted by Crippen LogP contribution is -2.19. The molecule has 6 rings (SSSR count). The number of aromatic amines is 1. The fourth-order valence-electron chi connectivity index (χ4n) is 4.64. The number of ether oxygens (including phenoxy) is 4. The summed E-state index contributed by atoms with van der Waals surface area (Å²) < 4.78 is 23.0. The first-order chi connectivity index (χ1) is 20.9. The maximum atomic E-state index is 13.3. The van der Waals surface area contributed by atoms with Gasteiger partial charge in [0.15, 0.2) is 23.0 Å². The molecule has 0 atom stereocenters. The number of fused-ring (bicyclic) bond motifs is 2. The molecule has 2 heterocycles. The van der Waals surface area contributed by atoms with E-state index in [1.807, 2.05) is 43.3 Å². The molecule has 4 aromatic carbocycles. The summed E-state index contributed by atoms with van der Waals surface area (Å²) in [5.41, 5.74) is 6.09. The Morgan fingerprint density at radius 2 is 1.86 bits per heavy atom. The molecule has 5 aromatic rings. The molecule has 1 aliphatic heterocycles. The number of rotatable bonds is 8. The molecule has 1 aromatic heterocycles. The van der Waals surface area contributed by atoms with Crippen molar-refractivity contribution in [3.05, 3.63) is 104 Å². The van der Waals surface area contributed by atoms with E-state index >= 15 is 0 Å². The van der Waals surface area contributed by atoms with E-state index in [0.717, 1.165) is 20.0 Å². The summed E-state index contributed by atoms with van der Waals surface area (Å²) >= 11 is 8.76. The average molecular weight is 708 g/mol. The summed E-state index contributed by atoms with van der Waals surface area (Å²) in [5, 5.41) is 5.57. The zero-order valence-electron chi connectivity index (χ0n) is 22.6. The van der Waals surface area contributed by atoms with Gasteiger partial charge in [0.2, 0.25) is 6.79 Å². The monoisotopic (exact) mass is 707 g/mol. The molecule has 0 saturated heterocycles. The number of carbonyl (C=O) groups excluding carboxylic acids is 2. The van der Waals surface area contributed by atoms with E-state index in [9.17, 15) is 9.59 Å². The minimum atomic E-state index is -0.574. The van der Waals surface area contributed by atoms with Gasteiger partial charge in [-0.1, -0.05) is 29.8 Å². The summed E-state index contributed by atoms with van der Waals surface area (Å²) in [4.78, 5) is 29.4. The van der Waals surface area contributed by atoms with Crippen LogP contribution in [0.4, 0.5) is 0 Å². The predicted octanol–water partition coefficient (Wildman–Crippen LogP) is 7.20. The molecule has 43 heavy (non-hydrogen) atoms. The highest BCUT2D eigenvalue weighted by atomic mass is 127. The Balaban J connectivity index is 1.21. The number of carbonyl (C=O) groups is 2. The van der Waals surface area contributed by atoms with Crippen molar-refractivity contribution in [2.75, 3.05) is 13.4 Å². The van der Waals surface area contributed by atoms with Gasteiger partial charge in [-0.2, -0.15) is 5.10 Å². The molecule has 9 nitrogen and oxygen atoms in total. The lowest BCUT2D eigenvalue weighted by Gasteiger charge is -2.11. The van der Waals surface area contributed by atoms with E-state index in [4.69, 9.17) is 30.5 Å². The fourth-order valence-corrected chi connectivity index (χ4v) is 5.36. The van der Waals surface area contributed by atoms with Gasteiger partial charge >= 0.3 is 5.97 Å². The second-order valence-corrected chi connectivity index (χ2v) is 11.0. The molecule has 0 radical (unpaired) electrons. The number of aromatic nitrogens is 1. The number of hydrogen-bond donors (Lipinski definition) is 2. The highest BCUT2D eigenvalue weighted by Crippen LogP contribution is 2.37. The van der Waals surface area contributed by atoms with E-state index in [0.29, 0.717) is 51.3 Å². The van der Waals surface area contributed by atoms with E-state index in [2.05, 4.69) is 38.1 Å². The molecule has 11 heteroatoms. The smallest absolute Gasteiger partial charge is 0.343 e. The minimum absolute atomic E-state index is 0.107. The zero-order valence-corrected chi connectivity index (χ0v) is 25.6. The summed E-state index contributed by atoms with van der Waals surface area (Å²) in [7, 11) is 0. The Morgan fingerprint density at radius 3 is 2.70 bits per heavy atom. The van der Waals surface area contributed by atoms with Crippen LogP contribution in [0.3, 0.4) is 0 Å². The number of amides is 1. The summed E-state index contributed by atoms with van der Waals surface area (Å²) in [5.74, 6) is 0.629. The van der Waals surface area contributed by atoms with Gasteiger partial charge < -0.3 is 23.9 Å². The van der Waals surface area contributed by atoms with Crippen molar-refractivity contribution in [3.63, 3.8) is 0 Å². The van der Waals surface area contributed by atoms with Crippen LogP contribution < -0.4 is 24.4 Å². The first kappa shape index (κ1) is 28.6. The average Bonchev–Trinajstić information content (AvgIpc) is 3.63. The molecule has 0 fully saturated rings. The Kier molecular flexibility index (Phi) is 8.21. The summed E-state index contributed by atoms with van der Waals surface area (Å²) in [6.07, 6.45) is 1.48. The van der Waals surface area contributed by atoms with Crippen molar-refractivity contribution in [1.29, 1.82) is 0 Å². The van der Waals surface area contributed by atoms with E-state index < -0.39 is 11.9 Å². The van der Waals surface area contributed by atoms with Crippen LogP contribution in [0.15, 0.2) is 84.0 Å². The number of nitrogens with zero attached hydrogens (tertiary/aromatic N) is 1. The van der Waals surface area contributed by atoms with Gasteiger partial charge in [0, 0.05) is 30.6 Å². The first-order valence-corrected chi connectivity index (χ1v) is 14.6. The molecule has 2 N–H and O–H groups in total. The number of esters is 1. The van der Waals surface area contributed by atoms with Crippen LogP contribution in [0, 0.1) is 3.57 Å². The Labute approximate surface area is 264 Å². The predicted molar refractivity (Wildman–Crippen MR) is 172 cm³/mol. The van der Waals surface area contributed by atoms with Crippen molar-refractivity contribution in [2.24, 2.45) is 5.10 Å². The van der Waals surface area contributed by atoms with Crippen LogP contribution in [-0.2, 0) is 0 Å². The lowest BCUT2D eigenvalue weighted by molar-refractivity contribution is 0.0727. The van der Waals surface area contributed by atoms with Gasteiger partial charge in [-0.25, -0.2) is 10.2 Å². The van der Waals surface area contributed by atoms with Crippen LogP contribution in [0.2, 0.25) is 5.02 Å². The van der Waals surface area contributed by atoms with Crippen LogP contribution in [0.1, 0.15) is 33.3 Å². The van der Waals surface area contributed by atoms with Crippen LogP contribution in [0.25, 0.3) is 22.0 Å². The van der Waals surface area contributed by atoms with Gasteiger partial charge in [0.25, 0.3) is 5.91 Å². The van der Waals surface area contributed by atoms with Crippen LogP contribution >= 0.6 is 34.2 Å². The molecule has 0 spiro atoms. The van der Waals surface area contributed by atoms with Gasteiger partial charge in [0.1, 0.15) is 5.69 Å². The third-order valence-corrected chi connectivity index (χ3v) is 7.59. The van der Waals surface area contributed by atoms with Crippen molar-refractivity contribution in [1.82, 2.24) is 10.4 Å². The molecular formula is C32H23ClIN3O6. The maximum Gasteiger partial charge on any atom is 0.343 e. The number of halogens is 2. The Morgan fingerprint density at radius 1 is 1.02 bits per heavy atom. The molecular weight excluding hydrogens is 685 g/mol. The highest BCUT2D eigenvalue weighted by Gasteiger charge is 2.22.